The zero-order chi connectivity index (χ0) is 20.1. The lowest BCUT2D eigenvalue weighted by Crippen LogP contribution is -2.33. The van der Waals surface area contributed by atoms with Crippen molar-refractivity contribution in [3.05, 3.63) is 90.3 Å². The largest absolute Gasteiger partial charge is 0.383 e. The summed E-state index contributed by atoms with van der Waals surface area (Å²) >= 11 is 0. The maximum absolute atomic E-state index is 13.4. The number of carbonyl (C=O) groups excluding carboxylic acids is 1. The third-order valence-corrected chi connectivity index (χ3v) is 4.77. The number of amides is 1. The average Bonchev–Trinajstić information content (AvgIpc) is 3.22. The molecule has 2 aromatic heterocycles. The Balaban J connectivity index is 1.69. The van der Waals surface area contributed by atoms with Crippen molar-refractivity contribution in [3.63, 3.8) is 0 Å². The van der Waals surface area contributed by atoms with E-state index >= 15 is 0 Å². The molecule has 0 saturated carbocycles. The number of carbonyl (C=O) groups is 1. The molecule has 0 N–H and O–H groups in total. The molecule has 0 aliphatic carbocycles. The fraction of sp³-hybridized carbons (Fsp3) is 0.174. The lowest BCUT2D eigenvalue weighted by Gasteiger charge is -2.22. The van der Waals surface area contributed by atoms with Gasteiger partial charge >= 0.3 is 0 Å². The Labute approximate surface area is 169 Å². The Kier molecular flexibility index (Phi) is 5.63. The molecule has 2 heterocycles. The summed E-state index contributed by atoms with van der Waals surface area (Å²) in [6.07, 6.45) is 3.31. The van der Waals surface area contributed by atoms with Gasteiger partial charge in [-0.25, -0.2) is 9.50 Å². The van der Waals surface area contributed by atoms with Crippen molar-refractivity contribution in [2.45, 2.75) is 6.54 Å². The molecule has 6 heteroatoms. The van der Waals surface area contributed by atoms with E-state index < -0.39 is 0 Å². The van der Waals surface area contributed by atoms with Gasteiger partial charge in [-0.3, -0.25) is 4.79 Å². The van der Waals surface area contributed by atoms with Gasteiger partial charge in [0.2, 0.25) is 0 Å². The van der Waals surface area contributed by atoms with Crippen LogP contribution in [0.25, 0.3) is 16.9 Å². The predicted octanol–water partition coefficient (Wildman–Crippen LogP) is 3.69. The van der Waals surface area contributed by atoms with Gasteiger partial charge < -0.3 is 9.64 Å². The Hall–Kier alpha value is -3.51. The van der Waals surface area contributed by atoms with Gasteiger partial charge in [-0.1, -0.05) is 60.7 Å². The number of rotatable bonds is 7. The van der Waals surface area contributed by atoms with E-state index in [9.17, 15) is 4.79 Å². The number of nitrogens with zero attached hydrogens (tertiary/aromatic N) is 4. The molecule has 4 rings (SSSR count). The quantitative estimate of drug-likeness (QED) is 0.486. The molecule has 4 aromatic rings. The van der Waals surface area contributed by atoms with Crippen LogP contribution >= 0.6 is 0 Å². The Morgan fingerprint density at radius 3 is 2.48 bits per heavy atom. The first kappa shape index (κ1) is 18.8. The normalized spacial score (nSPS) is 10.9. The van der Waals surface area contributed by atoms with Crippen LogP contribution < -0.4 is 0 Å². The second-order valence-corrected chi connectivity index (χ2v) is 6.69. The number of benzene rings is 2. The molecule has 0 bridgehead atoms. The fourth-order valence-corrected chi connectivity index (χ4v) is 3.30. The number of ether oxygens (including phenoxy) is 1. The number of hydrogen-bond acceptors (Lipinski definition) is 4. The molecule has 0 spiro atoms. The van der Waals surface area contributed by atoms with E-state index in [0.717, 1.165) is 16.8 Å². The van der Waals surface area contributed by atoms with Crippen molar-refractivity contribution in [2.24, 2.45) is 0 Å². The van der Waals surface area contributed by atoms with E-state index in [2.05, 4.69) is 10.1 Å². The first-order chi connectivity index (χ1) is 14.3. The summed E-state index contributed by atoms with van der Waals surface area (Å²) in [7, 11) is 1.63. The van der Waals surface area contributed by atoms with Crippen LogP contribution in [0, 0.1) is 0 Å². The third kappa shape index (κ3) is 4.02. The standard InChI is InChI=1S/C23H22N4O2/c1-29-15-14-26(17-18-8-4-2-5-9-18)23(28)20-16-25-27-21(12-13-24-22(20)27)19-10-6-3-7-11-19/h2-13,16H,14-15,17H2,1H3. The van der Waals surface area contributed by atoms with E-state index in [1.165, 1.54) is 0 Å². The number of fused-ring (bicyclic) bond motifs is 1. The van der Waals surface area contributed by atoms with Crippen LogP contribution in [0.1, 0.15) is 15.9 Å². The summed E-state index contributed by atoms with van der Waals surface area (Å²) in [5.74, 6) is -0.112. The molecule has 0 saturated heterocycles. The molecule has 2 aromatic carbocycles. The van der Waals surface area contributed by atoms with Gasteiger partial charge in [0, 0.05) is 32.0 Å². The molecular formula is C23H22N4O2. The summed E-state index contributed by atoms with van der Waals surface area (Å²) in [6, 6.07) is 21.8. The summed E-state index contributed by atoms with van der Waals surface area (Å²) in [6.45, 7) is 1.44. The van der Waals surface area contributed by atoms with Crippen LogP contribution in [-0.4, -0.2) is 45.7 Å². The van der Waals surface area contributed by atoms with Gasteiger partial charge in [-0.05, 0) is 11.6 Å². The van der Waals surface area contributed by atoms with Crippen LogP contribution in [0.4, 0.5) is 0 Å². The lowest BCUT2D eigenvalue weighted by molar-refractivity contribution is 0.0682. The van der Waals surface area contributed by atoms with Crippen molar-refractivity contribution in [2.75, 3.05) is 20.3 Å². The van der Waals surface area contributed by atoms with Crippen LogP contribution in [0.15, 0.2) is 79.1 Å². The minimum absolute atomic E-state index is 0.112. The van der Waals surface area contributed by atoms with Crippen molar-refractivity contribution in [1.82, 2.24) is 19.5 Å². The van der Waals surface area contributed by atoms with Crippen molar-refractivity contribution < 1.29 is 9.53 Å². The van der Waals surface area contributed by atoms with E-state index in [-0.39, 0.29) is 5.91 Å². The van der Waals surface area contributed by atoms with Gasteiger partial charge in [0.05, 0.1) is 18.5 Å². The maximum Gasteiger partial charge on any atom is 0.259 e. The highest BCUT2D eigenvalue weighted by Gasteiger charge is 2.22. The van der Waals surface area contributed by atoms with Gasteiger partial charge in [-0.2, -0.15) is 5.10 Å². The summed E-state index contributed by atoms with van der Waals surface area (Å²) in [5.41, 5.74) is 4.00. The monoisotopic (exact) mass is 386 g/mol. The summed E-state index contributed by atoms with van der Waals surface area (Å²) in [5, 5.41) is 4.46. The molecule has 29 heavy (non-hydrogen) atoms. The number of aromatic nitrogens is 3. The highest BCUT2D eigenvalue weighted by molar-refractivity contribution is 5.99. The summed E-state index contributed by atoms with van der Waals surface area (Å²) < 4.78 is 6.93. The van der Waals surface area contributed by atoms with Crippen molar-refractivity contribution >= 4 is 11.6 Å². The molecule has 0 radical (unpaired) electrons. The zero-order valence-electron chi connectivity index (χ0n) is 16.2. The minimum Gasteiger partial charge on any atom is -0.383 e. The Morgan fingerprint density at radius 1 is 1.03 bits per heavy atom. The lowest BCUT2D eigenvalue weighted by atomic mass is 10.1. The fourth-order valence-electron chi connectivity index (χ4n) is 3.30. The van der Waals surface area contributed by atoms with Crippen LogP contribution in [0.2, 0.25) is 0 Å². The average molecular weight is 386 g/mol. The smallest absolute Gasteiger partial charge is 0.259 e. The first-order valence-electron chi connectivity index (χ1n) is 9.48. The molecule has 1 amide bonds. The van der Waals surface area contributed by atoms with Crippen LogP contribution in [0.3, 0.4) is 0 Å². The van der Waals surface area contributed by atoms with E-state index in [1.54, 1.807) is 28.9 Å². The molecule has 146 valence electrons. The van der Waals surface area contributed by atoms with Crippen LogP contribution in [0.5, 0.6) is 0 Å². The van der Waals surface area contributed by atoms with Gasteiger partial charge in [0.1, 0.15) is 5.56 Å². The van der Waals surface area contributed by atoms with E-state index in [0.29, 0.717) is 30.9 Å². The highest BCUT2D eigenvalue weighted by Crippen LogP contribution is 2.21. The predicted molar refractivity (Wildman–Crippen MR) is 111 cm³/mol. The molecule has 0 aliphatic rings. The maximum atomic E-state index is 13.4. The molecule has 0 fully saturated rings. The Morgan fingerprint density at radius 2 is 1.76 bits per heavy atom. The molecule has 6 nitrogen and oxygen atoms in total. The SMILES string of the molecule is COCCN(Cc1ccccc1)C(=O)c1cnn2c(-c3ccccc3)ccnc12. The first-order valence-corrected chi connectivity index (χ1v) is 9.48. The molecular weight excluding hydrogens is 364 g/mol. The van der Waals surface area contributed by atoms with Crippen molar-refractivity contribution in [1.29, 1.82) is 0 Å². The zero-order valence-corrected chi connectivity index (χ0v) is 16.2. The minimum atomic E-state index is -0.112. The molecule has 0 aliphatic heterocycles. The van der Waals surface area contributed by atoms with Crippen molar-refractivity contribution in [3.8, 4) is 11.3 Å². The second kappa shape index (κ2) is 8.67. The molecule has 0 unspecified atom stereocenters. The van der Waals surface area contributed by atoms with E-state index in [4.69, 9.17) is 4.74 Å². The van der Waals surface area contributed by atoms with Gasteiger partial charge in [0.25, 0.3) is 5.91 Å². The summed E-state index contributed by atoms with van der Waals surface area (Å²) in [4.78, 5) is 19.6. The highest BCUT2D eigenvalue weighted by atomic mass is 16.5. The van der Waals surface area contributed by atoms with E-state index in [1.807, 2.05) is 66.7 Å². The van der Waals surface area contributed by atoms with Gasteiger partial charge in [-0.15, -0.1) is 0 Å². The van der Waals surface area contributed by atoms with Crippen LogP contribution in [-0.2, 0) is 11.3 Å². The number of methoxy groups -OCH3 is 1. The molecule has 0 atom stereocenters. The second-order valence-electron chi connectivity index (χ2n) is 6.69. The third-order valence-electron chi connectivity index (χ3n) is 4.77. The topological polar surface area (TPSA) is 59.7 Å². The number of hydrogen-bond donors (Lipinski definition) is 0. The van der Waals surface area contributed by atoms with Gasteiger partial charge in [0.15, 0.2) is 5.65 Å². The Bertz CT molecular complexity index is 1090.